The molecule has 1 saturated heterocycles. The van der Waals surface area contributed by atoms with Gasteiger partial charge in [-0.3, -0.25) is 9.69 Å². The molecular weight excluding hydrogens is 334 g/mol. The van der Waals surface area contributed by atoms with Gasteiger partial charge in [0.25, 0.3) is 0 Å². The van der Waals surface area contributed by atoms with E-state index in [1.54, 1.807) is 7.11 Å². The van der Waals surface area contributed by atoms with Gasteiger partial charge in [-0.1, -0.05) is 18.6 Å². The van der Waals surface area contributed by atoms with Crippen LogP contribution < -0.4 is 10.1 Å². The monoisotopic (exact) mass is 359 g/mol. The van der Waals surface area contributed by atoms with Gasteiger partial charge in [0, 0.05) is 18.3 Å². The quantitative estimate of drug-likeness (QED) is 0.819. The number of carbonyl (C=O) groups is 1. The Labute approximate surface area is 153 Å². The Morgan fingerprint density at radius 1 is 1.24 bits per heavy atom. The van der Waals surface area contributed by atoms with E-state index in [1.807, 2.05) is 29.6 Å². The van der Waals surface area contributed by atoms with Crippen molar-refractivity contribution in [2.75, 3.05) is 25.5 Å². The zero-order chi connectivity index (χ0) is 17.5. The van der Waals surface area contributed by atoms with Crippen LogP contribution in [0.1, 0.15) is 36.9 Å². The number of thiazole rings is 1. The molecule has 3 rings (SSSR count). The molecule has 0 spiro atoms. The predicted molar refractivity (Wildman–Crippen MR) is 101 cm³/mol. The highest BCUT2D eigenvalue weighted by Gasteiger charge is 2.13. The van der Waals surface area contributed by atoms with Crippen molar-refractivity contribution in [2.24, 2.45) is 0 Å². The Bertz CT molecular complexity index is 678. The maximum atomic E-state index is 12.1. The fourth-order valence-corrected chi connectivity index (χ4v) is 3.73. The number of amides is 1. The van der Waals surface area contributed by atoms with Crippen molar-refractivity contribution >= 4 is 22.4 Å². The van der Waals surface area contributed by atoms with Crippen molar-refractivity contribution in [3.63, 3.8) is 0 Å². The van der Waals surface area contributed by atoms with Gasteiger partial charge in [0.2, 0.25) is 5.91 Å². The summed E-state index contributed by atoms with van der Waals surface area (Å²) >= 11 is 1.51. The Balaban J connectivity index is 1.44. The summed E-state index contributed by atoms with van der Waals surface area (Å²) in [5, 5.41) is 5.67. The first-order valence-electron chi connectivity index (χ1n) is 8.82. The van der Waals surface area contributed by atoms with Crippen LogP contribution in [0, 0.1) is 0 Å². The standard InChI is InChI=1S/C19H25N3O2S/c1-24-17-8-5-15(6-9-17)7-10-18(23)21-19-20-16(14-25-19)13-22-11-3-2-4-12-22/h5-6,8-9,14H,2-4,7,10-13H2,1H3,(H,20,21,23). The molecule has 25 heavy (non-hydrogen) atoms. The van der Waals surface area contributed by atoms with Crippen molar-refractivity contribution in [1.82, 2.24) is 9.88 Å². The van der Waals surface area contributed by atoms with E-state index >= 15 is 0 Å². The maximum Gasteiger partial charge on any atom is 0.226 e. The van der Waals surface area contributed by atoms with Crippen LogP contribution in [0.25, 0.3) is 0 Å². The van der Waals surface area contributed by atoms with Gasteiger partial charge in [0.1, 0.15) is 5.75 Å². The Hall–Kier alpha value is -1.92. The van der Waals surface area contributed by atoms with Crippen molar-refractivity contribution in [1.29, 1.82) is 0 Å². The van der Waals surface area contributed by atoms with Crippen LogP contribution in [0.5, 0.6) is 5.75 Å². The molecule has 1 amide bonds. The second-order valence-corrected chi connectivity index (χ2v) is 7.24. The largest absolute Gasteiger partial charge is 0.497 e. The van der Waals surface area contributed by atoms with Gasteiger partial charge in [-0.25, -0.2) is 4.98 Å². The lowest BCUT2D eigenvalue weighted by Crippen LogP contribution is -2.29. The Kier molecular flexibility index (Phi) is 6.42. The highest BCUT2D eigenvalue weighted by molar-refractivity contribution is 7.13. The Morgan fingerprint density at radius 3 is 2.72 bits per heavy atom. The normalized spacial score (nSPS) is 15.1. The lowest BCUT2D eigenvalue weighted by atomic mass is 10.1. The molecule has 6 heteroatoms. The molecule has 1 aliphatic heterocycles. The molecule has 0 aliphatic carbocycles. The number of methoxy groups -OCH3 is 1. The molecule has 2 heterocycles. The van der Waals surface area contributed by atoms with Gasteiger partial charge in [0.05, 0.1) is 12.8 Å². The number of hydrogen-bond donors (Lipinski definition) is 1. The van der Waals surface area contributed by atoms with Crippen molar-refractivity contribution in [2.45, 2.75) is 38.6 Å². The third-order valence-corrected chi connectivity index (χ3v) is 5.24. The molecule has 1 aromatic carbocycles. The number of nitrogens with one attached hydrogen (secondary N) is 1. The van der Waals surface area contributed by atoms with E-state index < -0.39 is 0 Å². The van der Waals surface area contributed by atoms with E-state index in [2.05, 4.69) is 15.2 Å². The molecule has 1 aromatic heterocycles. The van der Waals surface area contributed by atoms with E-state index in [9.17, 15) is 4.79 Å². The SMILES string of the molecule is COc1ccc(CCC(=O)Nc2nc(CN3CCCCC3)cs2)cc1. The van der Waals surface area contributed by atoms with Crippen LogP contribution in [0.4, 0.5) is 5.13 Å². The molecule has 0 bridgehead atoms. The average molecular weight is 359 g/mol. The molecule has 0 atom stereocenters. The molecular formula is C19H25N3O2S. The van der Waals surface area contributed by atoms with Crippen molar-refractivity contribution in [3.05, 3.63) is 40.9 Å². The summed E-state index contributed by atoms with van der Waals surface area (Å²) in [6.07, 6.45) is 5.05. The zero-order valence-corrected chi connectivity index (χ0v) is 15.5. The van der Waals surface area contributed by atoms with E-state index in [1.165, 1.54) is 30.6 Å². The minimum absolute atomic E-state index is 0.00897. The van der Waals surface area contributed by atoms with Crippen LogP contribution in [0.3, 0.4) is 0 Å². The number of aromatic nitrogens is 1. The van der Waals surface area contributed by atoms with Crippen LogP contribution in [0.2, 0.25) is 0 Å². The third-order valence-electron chi connectivity index (χ3n) is 4.43. The number of nitrogens with zero attached hydrogens (tertiary/aromatic N) is 2. The van der Waals surface area contributed by atoms with Crippen molar-refractivity contribution in [3.8, 4) is 5.75 Å². The maximum absolute atomic E-state index is 12.1. The summed E-state index contributed by atoms with van der Waals surface area (Å²) in [6, 6.07) is 7.82. The molecule has 0 unspecified atom stereocenters. The number of aryl methyl sites for hydroxylation is 1. The minimum Gasteiger partial charge on any atom is -0.497 e. The van der Waals surface area contributed by atoms with E-state index in [4.69, 9.17) is 4.74 Å². The number of rotatable bonds is 7. The number of benzene rings is 1. The predicted octanol–water partition coefficient (Wildman–Crippen LogP) is 3.71. The molecule has 0 saturated carbocycles. The fraction of sp³-hybridized carbons (Fsp3) is 0.474. The molecule has 0 radical (unpaired) electrons. The number of piperidine rings is 1. The van der Waals surface area contributed by atoms with Gasteiger partial charge >= 0.3 is 0 Å². The van der Waals surface area contributed by atoms with E-state index in [-0.39, 0.29) is 5.91 Å². The number of anilines is 1. The minimum atomic E-state index is 0.00897. The lowest BCUT2D eigenvalue weighted by Gasteiger charge is -2.25. The average Bonchev–Trinajstić information content (AvgIpc) is 3.08. The van der Waals surface area contributed by atoms with Crippen LogP contribution in [-0.4, -0.2) is 36.0 Å². The zero-order valence-electron chi connectivity index (χ0n) is 14.7. The summed E-state index contributed by atoms with van der Waals surface area (Å²) in [7, 11) is 1.65. The summed E-state index contributed by atoms with van der Waals surface area (Å²) < 4.78 is 5.14. The van der Waals surface area contributed by atoms with Gasteiger partial charge in [-0.2, -0.15) is 0 Å². The first-order chi connectivity index (χ1) is 12.2. The number of likely N-dealkylation sites (tertiary alicyclic amines) is 1. The highest BCUT2D eigenvalue weighted by Crippen LogP contribution is 2.19. The first-order valence-corrected chi connectivity index (χ1v) is 9.70. The molecule has 5 nitrogen and oxygen atoms in total. The van der Waals surface area contributed by atoms with Gasteiger partial charge in [-0.05, 0) is 50.0 Å². The number of ether oxygens (including phenoxy) is 1. The van der Waals surface area contributed by atoms with Crippen LogP contribution >= 0.6 is 11.3 Å². The lowest BCUT2D eigenvalue weighted by molar-refractivity contribution is -0.116. The van der Waals surface area contributed by atoms with Crippen LogP contribution in [0.15, 0.2) is 29.6 Å². The second-order valence-electron chi connectivity index (χ2n) is 6.38. The summed E-state index contributed by atoms with van der Waals surface area (Å²) in [5.74, 6) is 0.840. The third kappa shape index (κ3) is 5.54. The summed E-state index contributed by atoms with van der Waals surface area (Å²) in [6.45, 7) is 3.19. The van der Waals surface area contributed by atoms with Gasteiger partial charge < -0.3 is 10.1 Å². The molecule has 1 fully saturated rings. The summed E-state index contributed by atoms with van der Waals surface area (Å²) in [5.41, 5.74) is 2.18. The first kappa shape index (κ1) is 17.9. The number of hydrogen-bond acceptors (Lipinski definition) is 5. The van der Waals surface area contributed by atoms with E-state index in [0.29, 0.717) is 18.0 Å². The van der Waals surface area contributed by atoms with E-state index in [0.717, 1.165) is 36.6 Å². The van der Waals surface area contributed by atoms with Crippen LogP contribution in [-0.2, 0) is 17.8 Å². The molecule has 134 valence electrons. The molecule has 2 aromatic rings. The Morgan fingerprint density at radius 2 is 2.00 bits per heavy atom. The fourth-order valence-electron chi connectivity index (χ4n) is 3.02. The van der Waals surface area contributed by atoms with Crippen molar-refractivity contribution < 1.29 is 9.53 Å². The smallest absolute Gasteiger partial charge is 0.226 e. The topological polar surface area (TPSA) is 54.5 Å². The highest BCUT2D eigenvalue weighted by atomic mass is 32.1. The van der Waals surface area contributed by atoms with Gasteiger partial charge in [0.15, 0.2) is 5.13 Å². The molecule has 1 N–H and O–H groups in total. The summed E-state index contributed by atoms with van der Waals surface area (Å²) in [4.78, 5) is 19.1. The second kappa shape index (κ2) is 8.97. The number of carbonyl (C=O) groups excluding carboxylic acids is 1. The van der Waals surface area contributed by atoms with Gasteiger partial charge in [-0.15, -0.1) is 11.3 Å². The molecule has 1 aliphatic rings.